The van der Waals surface area contributed by atoms with Crippen LogP contribution in [0.25, 0.3) is 10.9 Å². The van der Waals surface area contributed by atoms with Gasteiger partial charge in [-0.3, -0.25) is 0 Å². The van der Waals surface area contributed by atoms with Gasteiger partial charge in [-0.25, -0.2) is 0 Å². The van der Waals surface area contributed by atoms with Gasteiger partial charge in [-0.15, -0.1) is 0 Å². The number of hydrogen-bond acceptors (Lipinski definition) is 1. The van der Waals surface area contributed by atoms with Gasteiger partial charge in [-0.05, 0) is 35.7 Å². The van der Waals surface area contributed by atoms with E-state index in [1.165, 1.54) is 16.5 Å². The maximum Gasteiger partial charge on any atom is 0.123 e. The highest BCUT2D eigenvalue weighted by Crippen LogP contribution is 2.25. The molecule has 0 amide bonds. The van der Waals surface area contributed by atoms with Crippen molar-refractivity contribution in [3.05, 3.63) is 64.8 Å². The van der Waals surface area contributed by atoms with Crippen LogP contribution in [0.1, 0.15) is 5.56 Å². The van der Waals surface area contributed by atoms with Crippen LogP contribution in [-0.2, 0) is 6.54 Å². The van der Waals surface area contributed by atoms with Crippen LogP contribution < -0.4 is 4.74 Å². The van der Waals surface area contributed by atoms with Gasteiger partial charge in [0, 0.05) is 21.7 Å². The number of hydrogen-bond donors (Lipinski definition) is 0. The molecule has 2 aromatic carbocycles. The predicted octanol–water partition coefficient (Wildman–Crippen LogP) is 4.46. The number of benzene rings is 2. The Morgan fingerprint density at radius 3 is 2.79 bits per heavy atom. The lowest BCUT2D eigenvalue weighted by molar-refractivity contribution is 0.408. The summed E-state index contributed by atoms with van der Waals surface area (Å²) in [5.74, 6) is 0.918. The fourth-order valence-electron chi connectivity index (χ4n) is 2.33. The fourth-order valence-corrected chi connectivity index (χ4v) is 2.74. The molecule has 0 aliphatic heterocycles. The zero-order valence-corrected chi connectivity index (χ0v) is 12.2. The van der Waals surface area contributed by atoms with E-state index in [1.807, 2.05) is 12.1 Å². The number of ether oxygens (including phenoxy) is 1. The smallest absolute Gasteiger partial charge is 0.123 e. The van der Waals surface area contributed by atoms with Crippen molar-refractivity contribution in [2.24, 2.45) is 0 Å². The molecule has 0 radical (unpaired) electrons. The molecular formula is C16H14BrNO. The third kappa shape index (κ3) is 2.38. The second kappa shape index (κ2) is 5.10. The average Bonchev–Trinajstić information content (AvgIpc) is 2.83. The largest absolute Gasteiger partial charge is 0.496 e. The van der Waals surface area contributed by atoms with E-state index >= 15 is 0 Å². The van der Waals surface area contributed by atoms with Gasteiger partial charge < -0.3 is 9.30 Å². The van der Waals surface area contributed by atoms with Crippen LogP contribution in [0.15, 0.2) is 59.2 Å². The van der Waals surface area contributed by atoms with Crippen molar-refractivity contribution in [3.8, 4) is 5.75 Å². The summed E-state index contributed by atoms with van der Waals surface area (Å²) in [5.41, 5.74) is 2.41. The molecule has 0 saturated carbocycles. The van der Waals surface area contributed by atoms with Crippen LogP contribution in [-0.4, -0.2) is 11.7 Å². The fraction of sp³-hybridized carbons (Fsp3) is 0.125. The zero-order valence-electron chi connectivity index (χ0n) is 10.6. The molecule has 2 nitrogen and oxygen atoms in total. The second-order valence-corrected chi connectivity index (χ2v) is 5.37. The van der Waals surface area contributed by atoms with Gasteiger partial charge in [0.05, 0.1) is 13.7 Å². The Morgan fingerprint density at radius 2 is 1.95 bits per heavy atom. The number of halogens is 1. The molecule has 0 fully saturated rings. The van der Waals surface area contributed by atoms with Gasteiger partial charge in [0.1, 0.15) is 5.75 Å². The standard InChI is InChI=1S/C16H14BrNO/c1-19-16-7-6-14(17)10-13(16)11-18-9-8-12-4-2-3-5-15(12)18/h2-10H,11H2,1H3. The summed E-state index contributed by atoms with van der Waals surface area (Å²) < 4.78 is 8.73. The molecule has 0 unspecified atom stereocenters. The van der Waals surface area contributed by atoms with Gasteiger partial charge in [0.15, 0.2) is 0 Å². The number of aromatic nitrogens is 1. The Balaban J connectivity index is 2.03. The lowest BCUT2D eigenvalue weighted by Gasteiger charge is -2.11. The number of fused-ring (bicyclic) bond motifs is 1. The molecule has 0 atom stereocenters. The van der Waals surface area contributed by atoms with E-state index in [9.17, 15) is 0 Å². The summed E-state index contributed by atoms with van der Waals surface area (Å²) in [6.45, 7) is 0.802. The highest BCUT2D eigenvalue weighted by Gasteiger charge is 2.06. The van der Waals surface area contributed by atoms with Crippen molar-refractivity contribution in [3.63, 3.8) is 0 Å². The number of nitrogens with zero attached hydrogens (tertiary/aromatic N) is 1. The molecule has 0 aliphatic carbocycles. The zero-order chi connectivity index (χ0) is 13.2. The molecule has 0 saturated heterocycles. The normalized spacial score (nSPS) is 10.8. The van der Waals surface area contributed by atoms with E-state index in [4.69, 9.17) is 4.74 Å². The van der Waals surface area contributed by atoms with Crippen molar-refractivity contribution >= 4 is 26.8 Å². The van der Waals surface area contributed by atoms with Crippen LogP contribution in [0.2, 0.25) is 0 Å². The first-order chi connectivity index (χ1) is 9.28. The summed E-state index contributed by atoms with van der Waals surface area (Å²) >= 11 is 3.51. The molecule has 19 heavy (non-hydrogen) atoms. The summed E-state index contributed by atoms with van der Waals surface area (Å²) in [6, 6.07) is 16.6. The van der Waals surface area contributed by atoms with Gasteiger partial charge in [0.2, 0.25) is 0 Å². The minimum atomic E-state index is 0.802. The topological polar surface area (TPSA) is 14.2 Å². The summed E-state index contributed by atoms with van der Waals surface area (Å²) in [5, 5.41) is 1.26. The maximum atomic E-state index is 5.43. The first kappa shape index (κ1) is 12.3. The number of rotatable bonds is 3. The van der Waals surface area contributed by atoms with E-state index in [1.54, 1.807) is 7.11 Å². The lowest BCUT2D eigenvalue weighted by Crippen LogP contribution is -2.00. The first-order valence-corrected chi connectivity index (χ1v) is 6.93. The molecule has 1 aromatic heterocycles. The first-order valence-electron chi connectivity index (χ1n) is 6.14. The second-order valence-electron chi connectivity index (χ2n) is 4.46. The third-order valence-electron chi connectivity index (χ3n) is 3.26. The number of para-hydroxylation sites is 1. The molecule has 0 aliphatic rings. The highest BCUT2D eigenvalue weighted by atomic mass is 79.9. The molecule has 96 valence electrons. The molecule has 0 N–H and O–H groups in total. The summed E-state index contributed by atoms with van der Waals surface area (Å²) in [4.78, 5) is 0. The van der Waals surface area contributed by atoms with E-state index in [-0.39, 0.29) is 0 Å². The molecule has 3 aromatic rings. The van der Waals surface area contributed by atoms with Crippen molar-refractivity contribution in [1.29, 1.82) is 0 Å². The summed E-state index contributed by atoms with van der Waals surface area (Å²) in [6.07, 6.45) is 2.12. The van der Waals surface area contributed by atoms with E-state index in [0.717, 1.165) is 16.8 Å². The molecule has 3 heteroatoms. The van der Waals surface area contributed by atoms with Gasteiger partial charge in [-0.1, -0.05) is 34.1 Å². The van der Waals surface area contributed by atoms with Crippen LogP contribution in [0.3, 0.4) is 0 Å². The molecule has 1 heterocycles. The van der Waals surface area contributed by atoms with Crippen molar-refractivity contribution in [1.82, 2.24) is 4.57 Å². The Kier molecular flexibility index (Phi) is 3.30. The Hall–Kier alpha value is -1.74. The van der Waals surface area contributed by atoms with Crippen LogP contribution >= 0.6 is 15.9 Å². The van der Waals surface area contributed by atoms with Crippen molar-refractivity contribution in [2.75, 3.05) is 7.11 Å². The Bertz CT molecular complexity index is 718. The van der Waals surface area contributed by atoms with Crippen LogP contribution in [0.4, 0.5) is 0 Å². The molecule has 3 rings (SSSR count). The molecular weight excluding hydrogens is 302 g/mol. The SMILES string of the molecule is COc1ccc(Br)cc1Cn1ccc2ccccc21. The summed E-state index contributed by atoms with van der Waals surface area (Å²) in [7, 11) is 1.71. The average molecular weight is 316 g/mol. The van der Waals surface area contributed by atoms with Crippen molar-refractivity contribution in [2.45, 2.75) is 6.54 Å². The van der Waals surface area contributed by atoms with Gasteiger partial charge in [-0.2, -0.15) is 0 Å². The lowest BCUT2D eigenvalue weighted by atomic mass is 10.2. The monoisotopic (exact) mass is 315 g/mol. The minimum absolute atomic E-state index is 0.802. The highest BCUT2D eigenvalue weighted by molar-refractivity contribution is 9.10. The number of methoxy groups -OCH3 is 1. The van der Waals surface area contributed by atoms with E-state index in [0.29, 0.717) is 0 Å². The molecule has 0 bridgehead atoms. The van der Waals surface area contributed by atoms with Crippen molar-refractivity contribution < 1.29 is 4.74 Å². The Labute approximate surface area is 120 Å². The van der Waals surface area contributed by atoms with E-state index < -0.39 is 0 Å². The molecule has 0 spiro atoms. The Morgan fingerprint density at radius 1 is 1.11 bits per heavy atom. The minimum Gasteiger partial charge on any atom is -0.496 e. The predicted molar refractivity (Wildman–Crippen MR) is 81.7 cm³/mol. The van der Waals surface area contributed by atoms with Crippen LogP contribution in [0.5, 0.6) is 5.75 Å². The maximum absolute atomic E-state index is 5.43. The third-order valence-corrected chi connectivity index (χ3v) is 3.76. The van der Waals surface area contributed by atoms with E-state index in [2.05, 4.69) is 63.1 Å². The van der Waals surface area contributed by atoms with Gasteiger partial charge >= 0.3 is 0 Å². The van der Waals surface area contributed by atoms with Crippen LogP contribution in [0, 0.1) is 0 Å². The van der Waals surface area contributed by atoms with Gasteiger partial charge in [0.25, 0.3) is 0 Å². The quantitative estimate of drug-likeness (QED) is 0.696.